The standard InChI is InChI=1S/C22H30N2O2S/c1-5-19(6-2)24(16-17(3)4)27-21-14-12-18(13-15-21)23-22(25)26-20-10-8-7-9-11-20/h7-15,17,19H,5-6,16H2,1-4H3,(H,23,25). The molecule has 146 valence electrons. The topological polar surface area (TPSA) is 41.6 Å². The van der Waals surface area contributed by atoms with Crippen LogP contribution in [0.1, 0.15) is 40.5 Å². The van der Waals surface area contributed by atoms with Crippen LogP contribution in [0.3, 0.4) is 0 Å². The van der Waals surface area contributed by atoms with E-state index in [0.29, 0.717) is 17.7 Å². The van der Waals surface area contributed by atoms with Gasteiger partial charge < -0.3 is 4.74 Å². The highest BCUT2D eigenvalue weighted by Gasteiger charge is 2.17. The van der Waals surface area contributed by atoms with Crippen molar-refractivity contribution in [2.75, 3.05) is 11.9 Å². The van der Waals surface area contributed by atoms with Gasteiger partial charge in [-0.3, -0.25) is 5.32 Å². The molecule has 2 aromatic carbocycles. The average molecular weight is 387 g/mol. The Hall–Kier alpha value is -1.98. The Morgan fingerprint density at radius 1 is 1.04 bits per heavy atom. The lowest BCUT2D eigenvalue weighted by Crippen LogP contribution is -2.31. The van der Waals surface area contributed by atoms with Crippen LogP contribution < -0.4 is 10.1 Å². The quantitative estimate of drug-likeness (QED) is 0.503. The number of nitrogens with zero attached hydrogens (tertiary/aromatic N) is 1. The summed E-state index contributed by atoms with van der Waals surface area (Å²) in [6, 6.07) is 17.5. The van der Waals surface area contributed by atoms with E-state index in [1.807, 2.05) is 42.5 Å². The maximum absolute atomic E-state index is 12.0. The van der Waals surface area contributed by atoms with E-state index < -0.39 is 6.09 Å². The highest BCUT2D eigenvalue weighted by Crippen LogP contribution is 2.29. The fraction of sp³-hybridized carbons (Fsp3) is 0.409. The van der Waals surface area contributed by atoms with Gasteiger partial charge in [-0.2, -0.15) is 0 Å². The monoisotopic (exact) mass is 386 g/mol. The number of rotatable bonds is 9. The SMILES string of the molecule is CCC(CC)N(CC(C)C)Sc1ccc(NC(=O)Oc2ccccc2)cc1. The average Bonchev–Trinajstić information content (AvgIpc) is 2.64. The van der Waals surface area contributed by atoms with Crippen molar-refractivity contribution in [1.82, 2.24) is 4.31 Å². The molecule has 1 N–H and O–H groups in total. The first kappa shape index (κ1) is 21.3. The van der Waals surface area contributed by atoms with Crippen LogP contribution in [0.25, 0.3) is 0 Å². The molecule has 4 nitrogen and oxygen atoms in total. The van der Waals surface area contributed by atoms with E-state index in [1.54, 1.807) is 24.1 Å². The van der Waals surface area contributed by atoms with Crippen molar-refractivity contribution in [3.8, 4) is 5.75 Å². The van der Waals surface area contributed by atoms with Gasteiger partial charge in [0.25, 0.3) is 0 Å². The Morgan fingerprint density at radius 2 is 1.67 bits per heavy atom. The van der Waals surface area contributed by atoms with Crippen molar-refractivity contribution >= 4 is 23.7 Å². The normalized spacial score (nSPS) is 11.2. The summed E-state index contributed by atoms with van der Waals surface area (Å²) in [5, 5.41) is 2.76. The minimum atomic E-state index is -0.486. The fourth-order valence-corrected chi connectivity index (χ4v) is 4.14. The van der Waals surface area contributed by atoms with Crippen molar-refractivity contribution in [3.63, 3.8) is 0 Å². The van der Waals surface area contributed by atoms with E-state index in [2.05, 4.69) is 37.3 Å². The molecule has 5 heteroatoms. The van der Waals surface area contributed by atoms with Crippen LogP contribution in [0.2, 0.25) is 0 Å². The van der Waals surface area contributed by atoms with E-state index in [9.17, 15) is 4.79 Å². The zero-order valence-corrected chi connectivity index (χ0v) is 17.5. The molecule has 0 saturated carbocycles. The number of ether oxygens (including phenoxy) is 1. The minimum absolute atomic E-state index is 0.486. The first-order chi connectivity index (χ1) is 13.0. The second-order valence-corrected chi connectivity index (χ2v) is 8.03. The van der Waals surface area contributed by atoms with Crippen LogP contribution in [0.5, 0.6) is 5.75 Å². The molecule has 0 bridgehead atoms. The summed E-state index contributed by atoms with van der Waals surface area (Å²) in [4.78, 5) is 13.2. The highest BCUT2D eigenvalue weighted by atomic mass is 32.2. The van der Waals surface area contributed by atoms with Gasteiger partial charge in [-0.25, -0.2) is 9.10 Å². The van der Waals surface area contributed by atoms with Crippen LogP contribution >= 0.6 is 11.9 Å². The smallest absolute Gasteiger partial charge is 0.410 e. The molecule has 0 aromatic heterocycles. The van der Waals surface area contributed by atoms with Crippen LogP contribution in [0.4, 0.5) is 10.5 Å². The predicted molar refractivity (Wildman–Crippen MR) is 114 cm³/mol. The van der Waals surface area contributed by atoms with Crippen molar-refractivity contribution in [3.05, 3.63) is 54.6 Å². The van der Waals surface area contributed by atoms with Gasteiger partial charge in [0, 0.05) is 23.2 Å². The number of hydrogen-bond acceptors (Lipinski definition) is 4. The van der Waals surface area contributed by atoms with Gasteiger partial charge in [0.1, 0.15) is 5.75 Å². The fourth-order valence-electron chi connectivity index (χ4n) is 2.79. The lowest BCUT2D eigenvalue weighted by molar-refractivity contribution is 0.215. The molecule has 2 rings (SSSR count). The van der Waals surface area contributed by atoms with Gasteiger partial charge in [0.05, 0.1) is 0 Å². The van der Waals surface area contributed by atoms with Gasteiger partial charge in [-0.15, -0.1) is 0 Å². The van der Waals surface area contributed by atoms with Crippen molar-refractivity contribution in [2.24, 2.45) is 5.92 Å². The van der Waals surface area contributed by atoms with E-state index in [4.69, 9.17) is 4.74 Å². The largest absolute Gasteiger partial charge is 0.417 e. The van der Waals surface area contributed by atoms with Crippen LogP contribution in [-0.4, -0.2) is 23.0 Å². The Bertz CT molecular complexity index is 685. The van der Waals surface area contributed by atoms with Crippen molar-refractivity contribution in [1.29, 1.82) is 0 Å². The zero-order chi connectivity index (χ0) is 19.6. The van der Waals surface area contributed by atoms with Gasteiger partial charge in [0.15, 0.2) is 0 Å². The maximum Gasteiger partial charge on any atom is 0.417 e. The van der Waals surface area contributed by atoms with Crippen molar-refractivity contribution < 1.29 is 9.53 Å². The molecule has 0 heterocycles. The van der Waals surface area contributed by atoms with Gasteiger partial charge in [-0.05, 0) is 67.1 Å². The molecule has 27 heavy (non-hydrogen) atoms. The molecular formula is C22H30N2O2S. The summed E-state index contributed by atoms with van der Waals surface area (Å²) in [5.74, 6) is 1.14. The molecule has 0 atom stereocenters. The van der Waals surface area contributed by atoms with Crippen LogP contribution in [-0.2, 0) is 0 Å². The molecule has 0 unspecified atom stereocenters. The Labute approximate surface area is 167 Å². The molecule has 2 aromatic rings. The number of para-hydroxylation sites is 1. The Morgan fingerprint density at radius 3 is 2.22 bits per heavy atom. The molecule has 0 aliphatic carbocycles. The summed E-state index contributed by atoms with van der Waals surface area (Å²) < 4.78 is 7.74. The van der Waals surface area contributed by atoms with Gasteiger partial charge in [0.2, 0.25) is 0 Å². The van der Waals surface area contributed by atoms with E-state index in [1.165, 1.54) is 4.90 Å². The first-order valence-electron chi connectivity index (χ1n) is 9.60. The molecule has 0 spiro atoms. The third-order valence-electron chi connectivity index (χ3n) is 4.17. The lowest BCUT2D eigenvalue weighted by Gasteiger charge is -2.30. The predicted octanol–water partition coefficient (Wildman–Crippen LogP) is 6.45. The Balaban J connectivity index is 1.95. The summed E-state index contributed by atoms with van der Waals surface area (Å²) in [6.45, 7) is 10.0. The van der Waals surface area contributed by atoms with Gasteiger partial charge in [-0.1, -0.05) is 45.9 Å². The number of carbonyl (C=O) groups is 1. The van der Waals surface area contributed by atoms with Crippen LogP contribution in [0, 0.1) is 5.92 Å². The lowest BCUT2D eigenvalue weighted by atomic mass is 10.1. The molecule has 0 aliphatic rings. The third-order valence-corrected chi connectivity index (χ3v) is 5.34. The number of anilines is 1. The minimum Gasteiger partial charge on any atom is -0.410 e. The molecule has 0 radical (unpaired) electrons. The number of benzene rings is 2. The number of amides is 1. The zero-order valence-electron chi connectivity index (χ0n) is 16.6. The highest BCUT2D eigenvalue weighted by molar-refractivity contribution is 7.97. The van der Waals surface area contributed by atoms with E-state index >= 15 is 0 Å². The molecule has 0 saturated heterocycles. The number of carbonyl (C=O) groups excluding carboxylic acids is 1. The summed E-state index contributed by atoms with van der Waals surface area (Å²) in [6.07, 6.45) is 1.79. The summed E-state index contributed by atoms with van der Waals surface area (Å²) >= 11 is 1.79. The summed E-state index contributed by atoms with van der Waals surface area (Å²) in [7, 11) is 0. The van der Waals surface area contributed by atoms with Gasteiger partial charge >= 0.3 is 6.09 Å². The third kappa shape index (κ3) is 7.27. The summed E-state index contributed by atoms with van der Waals surface area (Å²) in [5.41, 5.74) is 0.721. The second-order valence-electron chi connectivity index (χ2n) is 6.91. The maximum atomic E-state index is 12.0. The first-order valence-corrected chi connectivity index (χ1v) is 10.4. The van der Waals surface area contributed by atoms with Crippen LogP contribution in [0.15, 0.2) is 59.5 Å². The second kappa shape index (κ2) is 11.0. The number of nitrogens with one attached hydrogen (secondary N) is 1. The van der Waals surface area contributed by atoms with E-state index in [-0.39, 0.29) is 0 Å². The van der Waals surface area contributed by atoms with E-state index in [0.717, 1.165) is 25.1 Å². The molecule has 0 aliphatic heterocycles. The molecule has 0 fully saturated rings. The number of hydrogen-bond donors (Lipinski definition) is 1. The molecular weight excluding hydrogens is 356 g/mol. The Kier molecular flexibility index (Phi) is 8.69. The van der Waals surface area contributed by atoms with Crippen molar-refractivity contribution in [2.45, 2.75) is 51.5 Å². The molecule has 1 amide bonds.